The fraction of sp³-hybridized carbons (Fsp3) is 0.520. The molecule has 5 aliphatic carbocycles. The third-order valence-electron chi connectivity index (χ3n) is 8.17. The van der Waals surface area contributed by atoms with E-state index in [1.54, 1.807) is 0 Å². The summed E-state index contributed by atoms with van der Waals surface area (Å²) in [5.74, 6) is 2.68. The number of rotatable bonds is 4. The van der Waals surface area contributed by atoms with E-state index in [1.807, 2.05) is 24.3 Å². The van der Waals surface area contributed by atoms with Crippen molar-refractivity contribution in [2.45, 2.75) is 68.1 Å². The smallest absolute Gasteiger partial charge is 0.261 e. The van der Waals surface area contributed by atoms with Crippen molar-refractivity contribution in [3.05, 3.63) is 59.2 Å². The molecule has 0 atom stereocenters. The van der Waals surface area contributed by atoms with Crippen molar-refractivity contribution in [3.8, 4) is 0 Å². The zero-order chi connectivity index (χ0) is 19.6. The summed E-state index contributed by atoms with van der Waals surface area (Å²) in [6, 6.07) is 13.8. The lowest BCUT2D eigenvalue weighted by molar-refractivity contribution is -0.00521. The molecule has 2 aromatic carbocycles. The van der Waals surface area contributed by atoms with Crippen molar-refractivity contribution >= 4 is 15.7 Å². The molecule has 0 aliphatic heterocycles. The van der Waals surface area contributed by atoms with Gasteiger partial charge in [-0.1, -0.05) is 18.2 Å². The number of hydrogen-bond donors (Lipinski definition) is 1. The quantitative estimate of drug-likeness (QED) is 0.733. The first-order valence-corrected chi connectivity index (χ1v) is 12.7. The molecule has 0 amide bonds. The van der Waals surface area contributed by atoms with Crippen LogP contribution in [-0.4, -0.2) is 8.42 Å². The monoisotopic (exact) mass is 407 g/mol. The Morgan fingerprint density at radius 3 is 2.07 bits per heavy atom. The second-order valence-electron chi connectivity index (χ2n) is 10.2. The van der Waals surface area contributed by atoms with Crippen molar-refractivity contribution in [1.82, 2.24) is 0 Å². The molecule has 4 fully saturated rings. The maximum atomic E-state index is 12.9. The van der Waals surface area contributed by atoms with E-state index in [2.05, 4.69) is 22.9 Å². The summed E-state index contributed by atoms with van der Waals surface area (Å²) >= 11 is 0. The highest BCUT2D eigenvalue weighted by atomic mass is 32.2. The summed E-state index contributed by atoms with van der Waals surface area (Å²) in [5, 5.41) is 0. The van der Waals surface area contributed by atoms with Crippen LogP contribution in [0.5, 0.6) is 0 Å². The number of fused-ring (bicyclic) bond motifs is 1. The van der Waals surface area contributed by atoms with Crippen LogP contribution < -0.4 is 4.72 Å². The standard InChI is InChI=1S/C25H29NO2S/c27-29(28,26-23-7-4-20-2-1-3-21(20)13-23)24-8-5-22(6-9-24)25-14-17-10-18(15-25)12-19(11-17)16-25/h4-9,13,17-19,26H,1-3,10-12,14-16H2. The first-order valence-electron chi connectivity index (χ1n) is 11.2. The lowest BCUT2D eigenvalue weighted by atomic mass is 9.48. The van der Waals surface area contributed by atoms with E-state index in [4.69, 9.17) is 0 Å². The van der Waals surface area contributed by atoms with E-state index in [0.29, 0.717) is 16.0 Å². The van der Waals surface area contributed by atoms with Crippen LogP contribution in [0, 0.1) is 17.8 Å². The van der Waals surface area contributed by atoms with Gasteiger partial charge < -0.3 is 0 Å². The Kier molecular flexibility index (Phi) is 3.94. The van der Waals surface area contributed by atoms with Gasteiger partial charge in [0.2, 0.25) is 0 Å². The fourth-order valence-corrected chi connectivity index (χ4v) is 8.35. The minimum absolute atomic E-state index is 0.310. The average Bonchev–Trinajstić information content (AvgIpc) is 3.15. The summed E-state index contributed by atoms with van der Waals surface area (Å²) in [5.41, 5.74) is 4.99. The van der Waals surface area contributed by atoms with Gasteiger partial charge in [0.05, 0.1) is 4.90 Å². The topological polar surface area (TPSA) is 46.2 Å². The second kappa shape index (κ2) is 6.34. The van der Waals surface area contributed by atoms with Gasteiger partial charge in [-0.2, -0.15) is 0 Å². The molecule has 0 spiro atoms. The van der Waals surface area contributed by atoms with Crippen LogP contribution in [0.25, 0.3) is 0 Å². The van der Waals surface area contributed by atoms with Gasteiger partial charge in [-0.3, -0.25) is 4.72 Å². The molecule has 7 rings (SSSR count). The number of benzene rings is 2. The van der Waals surface area contributed by atoms with Crippen LogP contribution in [0.15, 0.2) is 47.4 Å². The molecular formula is C25H29NO2S. The summed E-state index contributed by atoms with van der Waals surface area (Å²) < 4.78 is 28.7. The van der Waals surface area contributed by atoms with Crippen molar-refractivity contribution in [2.75, 3.05) is 4.72 Å². The molecule has 1 N–H and O–H groups in total. The summed E-state index contributed by atoms with van der Waals surface area (Å²) in [7, 11) is -3.55. The van der Waals surface area contributed by atoms with Gasteiger partial charge in [-0.05, 0) is 122 Å². The molecule has 4 bridgehead atoms. The first-order chi connectivity index (χ1) is 14.0. The molecule has 0 aromatic heterocycles. The Morgan fingerprint density at radius 2 is 1.41 bits per heavy atom. The van der Waals surface area contributed by atoms with E-state index in [-0.39, 0.29) is 0 Å². The maximum absolute atomic E-state index is 12.9. The highest BCUT2D eigenvalue weighted by Crippen LogP contribution is 2.60. The zero-order valence-electron chi connectivity index (χ0n) is 16.9. The van der Waals surface area contributed by atoms with Crippen LogP contribution in [0.2, 0.25) is 0 Å². The van der Waals surface area contributed by atoms with Crippen LogP contribution in [-0.2, 0) is 28.3 Å². The molecule has 0 saturated heterocycles. The number of aryl methyl sites for hydroxylation is 2. The molecule has 4 heteroatoms. The van der Waals surface area contributed by atoms with Crippen molar-refractivity contribution in [1.29, 1.82) is 0 Å². The molecule has 5 aliphatic rings. The lowest BCUT2D eigenvalue weighted by Gasteiger charge is -2.57. The predicted molar refractivity (Wildman–Crippen MR) is 116 cm³/mol. The summed E-state index contributed by atoms with van der Waals surface area (Å²) in [6.07, 6.45) is 11.5. The predicted octanol–water partition coefficient (Wildman–Crippen LogP) is 5.44. The van der Waals surface area contributed by atoms with E-state index >= 15 is 0 Å². The summed E-state index contributed by atoms with van der Waals surface area (Å²) in [6.45, 7) is 0. The average molecular weight is 408 g/mol. The Hall–Kier alpha value is -1.81. The largest absolute Gasteiger partial charge is 0.280 e. The highest BCUT2D eigenvalue weighted by Gasteiger charge is 2.51. The number of anilines is 1. The highest BCUT2D eigenvalue weighted by molar-refractivity contribution is 7.92. The van der Waals surface area contributed by atoms with E-state index in [0.717, 1.165) is 37.0 Å². The van der Waals surface area contributed by atoms with Gasteiger partial charge in [0.25, 0.3) is 10.0 Å². The van der Waals surface area contributed by atoms with Gasteiger partial charge >= 0.3 is 0 Å². The molecule has 3 nitrogen and oxygen atoms in total. The molecule has 0 radical (unpaired) electrons. The molecule has 2 aromatic rings. The normalized spacial score (nSPS) is 32.3. The third-order valence-corrected chi connectivity index (χ3v) is 9.56. The second-order valence-corrected chi connectivity index (χ2v) is 11.8. The minimum atomic E-state index is -3.55. The number of sulfonamides is 1. The zero-order valence-corrected chi connectivity index (χ0v) is 17.7. The first kappa shape index (κ1) is 18.0. The molecule has 4 saturated carbocycles. The number of nitrogens with one attached hydrogen (secondary N) is 1. The van der Waals surface area contributed by atoms with Crippen molar-refractivity contribution in [2.24, 2.45) is 17.8 Å². The van der Waals surface area contributed by atoms with E-state index < -0.39 is 10.0 Å². The Balaban J connectivity index is 1.25. The Bertz CT molecular complexity index is 1020. The molecular weight excluding hydrogens is 378 g/mol. The minimum Gasteiger partial charge on any atom is -0.280 e. The Labute approximate surface area is 174 Å². The maximum Gasteiger partial charge on any atom is 0.261 e. The van der Waals surface area contributed by atoms with Gasteiger partial charge in [0.1, 0.15) is 0 Å². The van der Waals surface area contributed by atoms with Gasteiger partial charge in [-0.15, -0.1) is 0 Å². The van der Waals surface area contributed by atoms with Crippen LogP contribution >= 0.6 is 0 Å². The summed E-state index contributed by atoms with van der Waals surface area (Å²) in [4.78, 5) is 0.367. The van der Waals surface area contributed by atoms with Crippen molar-refractivity contribution in [3.63, 3.8) is 0 Å². The molecule has 0 unspecified atom stereocenters. The van der Waals surface area contributed by atoms with Crippen LogP contribution in [0.1, 0.15) is 61.6 Å². The lowest BCUT2D eigenvalue weighted by Crippen LogP contribution is -2.48. The third kappa shape index (κ3) is 3.02. The number of hydrogen-bond acceptors (Lipinski definition) is 2. The van der Waals surface area contributed by atoms with E-state index in [9.17, 15) is 8.42 Å². The fourth-order valence-electron chi connectivity index (χ4n) is 7.30. The SMILES string of the molecule is O=S(=O)(Nc1ccc2c(c1)CCC2)c1ccc(C23CC4CC(CC(C4)C2)C3)cc1. The van der Waals surface area contributed by atoms with E-state index in [1.165, 1.54) is 55.2 Å². The van der Waals surface area contributed by atoms with Gasteiger partial charge in [0.15, 0.2) is 0 Å². The van der Waals surface area contributed by atoms with Crippen LogP contribution in [0.4, 0.5) is 5.69 Å². The van der Waals surface area contributed by atoms with Crippen molar-refractivity contribution < 1.29 is 8.42 Å². The van der Waals surface area contributed by atoms with Crippen LogP contribution in [0.3, 0.4) is 0 Å². The van der Waals surface area contributed by atoms with Gasteiger partial charge in [0, 0.05) is 5.69 Å². The van der Waals surface area contributed by atoms with Gasteiger partial charge in [-0.25, -0.2) is 8.42 Å². The molecule has 29 heavy (non-hydrogen) atoms. The Morgan fingerprint density at radius 1 is 0.793 bits per heavy atom. The molecule has 0 heterocycles. The molecule has 152 valence electrons.